The van der Waals surface area contributed by atoms with E-state index in [1.807, 2.05) is 0 Å². The Kier molecular flexibility index (Phi) is 2.72. The fourth-order valence-corrected chi connectivity index (χ4v) is 1.96. The highest BCUT2D eigenvalue weighted by Crippen LogP contribution is 2.34. The number of alkyl halides is 2. The van der Waals surface area contributed by atoms with Crippen LogP contribution >= 0.6 is 0 Å². The molecule has 0 radical (unpaired) electrons. The Hall–Kier alpha value is -1.73. The number of aromatic nitrogens is 2. The molecule has 1 aromatic heterocycles. The summed E-state index contributed by atoms with van der Waals surface area (Å²) in [7, 11) is 1.56. The molecule has 0 spiro atoms. The van der Waals surface area contributed by atoms with Crippen LogP contribution in [0.15, 0.2) is 6.20 Å². The van der Waals surface area contributed by atoms with Gasteiger partial charge in [0, 0.05) is 33.0 Å². The van der Waals surface area contributed by atoms with E-state index in [9.17, 15) is 18.9 Å². The first kappa shape index (κ1) is 11.7. The predicted molar refractivity (Wildman–Crippen MR) is 56.3 cm³/mol. The highest BCUT2D eigenvalue weighted by Gasteiger charge is 2.37. The number of halogens is 2. The van der Waals surface area contributed by atoms with E-state index in [1.54, 1.807) is 11.9 Å². The summed E-state index contributed by atoms with van der Waals surface area (Å²) in [4.78, 5) is 11.8. The van der Waals surface area contributed by atoms with E-state index in [-0.39, 0.29) is 31.6 Å². The van der Waals surface area contributed by atoms with Crippen LogP contribution in [0.5, 0.6) is 0 Å². The molecule has 94 valence electrons. The molecule has 6 nitrogen and oxygen atoms in total. The van der Waals surface area contributed by atoms with Crippen LogP contribution in [0.3, 0.4) is 0 Å². The van der Waals surface area contributed by atoms with Crippen molar-refractivity contribution in [1.29, 1.82) is 0 Å². The SMILES string of the molecule is Cn1ncc([N+](=O)[O-])c1N1CCC(F)(F)CC1. The van der Waals surface area contributed by atoms with Gasteiger partial charge in [0.15, 0.2) is 0 Å². The van der Waals surface area contributed by atoms with E-state index in [4.69, 9.17) is 0 Å². The molecule has 1 aliphatic heterocycles. The van der Waals surface area contributed by atoms with Crippen molar-refractivity contribution in [2.24, 2.45) is 7.05 Å². The summed E-state index contributed by atoms with van der Waals surface area (Å²) in [6.45, 7) is 0.209. The number of piperidine rings is 1. The van der Waals surface area contributed by atoms with Crippen molar-refractivity contribution in [3.8, 4) is 0 Å². The van der Waals surface area contributed by atoms with E-state index in [0.29, 0.717) is 5.82 Å². The summed E-state index contributed by atoms with van der Waals surface area (Å²) in [5.74, 6) is -2.37. The van der Waals surface area contributed by atoms with E-state index in [2.05, 4.69) is 5.10 Å². The van der Waals surface area contributed by atoms with Crippen LogP contribution in [0, 0.1) is 10.1 Å². The zero-order chi connectivity index (χ0) is 12.6. The maximum Gasteiger partial charge on any atom is 0.331 e. The van der Waals surface area contributed by atoms with E-state index in [1.165, 1.54) is 4.68 Å². The molecule has 2 rings (SSSR count). The van der Waals surface area contributed by atoms with Gasteiger partial charge in [-0.1, -0.05) is 0 Å². The molecule has 0 bridgehead atoms. The quantitative estimate of drug-likeness (QED) is 0.586. The van der Waals surface area contributed by atoms with Crippen LogP contribution in [0.1, 0.15) is 12.8 Å². The van der Waals surface area contributed by atoms with Gasteiger partial charge in [-0.2, -0.15) is 5.10 Å². The summed E-state index contributed by atoms with van der Waals surface area (Å²) in [5.41, 5.74) is -0.141. The molecule has 1 aromatic rings. The van der Waals surface area contributed by atoms with Gasteiger partial charge in [-0.05, 0) is 0 Å². The number of hydrogen-bond acceptors (Lipinski definition) is 4. The Balaban J connectivity index is 2.24. The Bertz CT molecular complexity index is 436. The molecule has 0 aromatic carbocycles. The monoisotopic (exact) mass is 246 g/mol. The second-order valence-electron chi connectivity index (χ2n) is 4.08. The molecule has 1 saturated heterocycles. The van der Waals surface area contributed by atoms with Gasteiger partial charge in [-0.25, -0.2) is 13.5 Å². The first-order chi connectivity index (χ1) is 7.91. The fraction of sp³-hybridized carbons (Fsp3) is 0.667. The van der Waals surface area contributed by atoms with Crippen molar-refractivity contribution in [2.75, 3.05) is 18.0 Å². The predicted octanol–water partition coefficient (Wildman–Crippen LogP) is 1.56. The van der Waals surface area contributed by atoms with Crippen LogP contribution < -0.4 is 4.90 Å². The van der Waals surface area contributed by atoms with Gasteiger partial charge >= 0.3 is 5.69 Å². The van der Waals surface area contributed by atoms with Crippen molar-refractivity contribution in [3.63, 3.8) is 0 Å². The molecule has 1 aliphatic rings. The lowest BCUT2D eigenvalue weighted by Gasteiger charge is -2.32. The van der Waals surface area contributed by atoms with Crippen molar-refractivity contribution >= 4 is 11.5 Å². The molecular formula is C9H12F2N4O2. The number of aryl methyl sites for hydroxylation is 1. The van der Waals surface area contributed by atoms with Gasteiger partial charge in [0.1, 0.15) is 6.20 Å². The van der Waals surface area contributed by atoms with Gasteiger partial charge in [0.2, 0.25) is 5.82 Å². The third-order valence-corrected chi connectivity index (χ3v) is 2.88. The Morgan fingerprint density at radius 3 is 2.59 bits per heavy atom. The maximum atomic E-state index is 13.0. The molecule has 1 fully saturated rings. The Morgan fingerprint density at radius 1 is 1.47 bits per heavy atom. The van der Waals surface area contributed by atoms with E-state index >= 15 is 0 Å². The first-order valence-electron chi connectivity index (χ1n) is 5.20. The van der Waals surface area contributed by atoms with Crippen LogP contribution in [-0.4, -0.2) is 33.7 Å². The topological polar surface area (TPSA) is 64.2 Å². The Labute approximate surface area is 96.0 Å². The van der Waals surface area contributed by atoms with E-state index in [0.717, 1.165) is 6.20 Å². The lowest BCUT2D eigenvalue weighted by molar-refractivity contribution is -0.384. The number of rotatable bonds is 2. The minimum absolute atomic E-state index is 0.105. The smallest absolute Gasteiger partial charge is 0.331 e. The summed E-state index contributed by atoms with van der Waals surface area (Å²) in [5, 5.41) is 14.6. The van der Waals surface area contributed by atoms with Gasteiger partial charge in [-0.3, -0.25) is 10.1 Å². The lowest BCUT2D eigenvalue weighted by Crippen LogP contribution is -2.40. The zero-order valence-corrected chi connectivity index (χ0v) is 9.27. The molecule has 0 N–H and O–H groups in total. The van der Waals surface area contributed by atoms with Crippen molar-refractivity contribution in [2.45, 2.75) is 18.8 Å². The standard InChI is InChI=1S/C9H12F2N4O2/c1-13-8(7(6-12-13)15(16)17)14-4-2-9(10,11)3-5-14/h6H,2-5H2,1H3. The molecule has 0 atom stereocenters. The highest BCUT2D eigenvalue weighted by molar-refractivity contribution is 5.57. The fourth-order valence-electron chi connectivity index (χ4n) is 1.96. The van der Waals surface area contributed by atoms with Gasteiger partial charge in [-0.15, -0.1) is 0 Å². The van der Waals surface area contributed by atoms with Gasteiger partial charge in [0.05, 0.1) is 4.92 Å². The second-order valence-corrected chi connectivity index (χ2v) is 4.08. The van der Waals surface area contributed by atoms with Crippen molar-refractivity contribution < 1.29 is 13.7 Å². The van der Waals surface area contributed by atoms with Crippen LogP contribution in [-0.2, 0) is 7.05 Å². The molecule has 8 heteroatoms. The van der Waals surface area contributed by atoms with E-state index < -0.39 is 10.8 Å². The number of anilines is 1. The second kappa shape index (κ2) is 3.94. The molecular weight excluding hydrogens is 234 g/mol. The highest BCUT2D eigenvalue weighted by atomic mass is 19.3. The maximum absolute atomic E-state index is 13.0. The average molecular weight is 246 g/mol. The summed E-state index contributed by atoms with van der Waals surface area (Å²) < 4.78 is 27.3. The number of nitrogens with zero attached hydrogens (tertiary/aromatic N) is 4. The van der Waals surface area contributed by atoms with Crippen molar-refractivity contribution in [1.82, 2.24) is 9.78 Å². The molecule has 0 saturated carbocycles. The molecule has 17 heavy (non-hydrogen) atoms. The van der Waals surface area contributed by atoms with Crippen LogP contribution in [0.25, 0.3) is 0 Å². The normalized spacial score (nSPS) is 19.4. The number of hydrogen-bond donors (Lipinski definition) is 0. The van der Waals surface area contributed by atoms with Gasteiger partial charge in [0.25, 0.3) is 5.92 Å². The molecule has 0 unspecified atom stereocenters. The zero-order valence-electron chi connectivity index (χ0n) is 9.27. The van der Waals surface area contributed by atoms with Crippen LogP contribution in [0.2, 0.25) is 0 Å². The van der Waals surface area contributed by atoms with Crippen LogP contribution in [0.4, 0.5) is 20.3 Å². The summed E-state index contributed by atoms with van der Waals surface area (Å²) in [6, 6.07) is 0. The average Bonchev–Trinajstić information content (AvgIpc) is 2.61. The minimum atomic E-state index is -2.66. The summed E-state index contributed by atoms with van der Waals surface area (Å²) in [6.07, 6.45) is 0.576. The third-order valence-electron chi connectivity index (χ3n) is 2.88. The minimum Gasteiger partial charge on any atom is -0.351 e. The molecule has 0 amide bonds. The van der Waals surface area contributed by atoms with Crippen molar-refractivity contribution in [3.05, 3.63) is 16.3 Å². The molecule has 0 aliphatic carbocycles. The largest absolute Gasteiger partial charge is 0.351 e. The number of nitro groups is 1. The lowest BCUT2D eigenvalue weighted by atomic mass is 10.1. The molecule has 2 heterocycles. The Morgan fingerprint density at radius 2 is 2.06 bits per heavy atom. The summed E-state index contributed by atoms with van der Waals surface area (Å²) >= 11 is 0. The first-order valence-corrected chi connectivity index (χ1v) is 5.20. The van der Waals surface area contributed by atoms with Gasteiger partial charge < -0.3 is 4.90 Å². The third kappa shape index (κ3) is 2.20.